The molecule has 0 saturated heterocycles. The topological polar surface area (TPSA) is 79.9 Å². The fourth-order valence-corrected chi connectivity index (χ4v) is 0.788. The number of furan rings is 1. The Hall–Kier alpha value is -1.33. The van der Waals surface area contributed by atoms with Gasteiger partial charge >= 0.3 is 5.97 Å². The van der Waals surface area contributed by atoms with Crippen LogP contribution in [0.25, 0.3) is 0 Å². The van der Waals surface area contributed by atoms with Crippen LogP contribution in [0.4, 0.5) is 0 Å². The number of carboxylic acid groups (broad SMARTS) is 1. The number of carbonyl (C=O) groups is 1. The van der Waals surface area contributed by atoms with E-state index < -0.39 is 5.97 Å². The molecular formula is C11H18O5. The predicted octanol–water partition coefficient (Wildman–Crippen LogP) is 1.79. The van der Waals surface area contributed by atoms with Crippen LogP contribution in [-0.2, 0) is 22.7 Å². The maximum atomic E-state index is 9.37. The molecule has 0 unspecified atom stereocenters. The second-order valence-corrected chi connectivity index (χ2v) is 2.91. The molecule has 1 heterocycles. The first-order valence-corrected chi connectivity index (χ1v) is 5.12. The highest BCUT2D eigenvalue weighted by Gasteiger charge is 1.99. The summed E-state index contributed by atoms with van der Waals surface area (Å²) in [7, 11) is 0. The minimum atomic E-state index is -0.745. The van der Waals surface area contributed by atoms with Gasteiger partial charge in [0.05, 0.1) is 0 Å². The van der Waals surface area contributed by atoms with Crippen molar-refractivity contribution in [2.75, 3.05) is 6.61 Å². The highest BCUT2D eigenvalue weighted by Crippen LogP contribution is 2.08. The molecule has 5 nitrogen and oxygen atoms in total. The summed E-state index contributed by atoms with van der Waals surface area (Å²) in [5, 5.41) is 16.4. The maximum Gasteiger partial charge on any atom is 0.303 e. The maximum absolute atomic E-state index is 9.37. The van der Waals surface area contributed by atoms with Gasteiger partial charge in [-0.3, -0.25) is 4.79 Å². The van der Waals surface area contributed by atoms with E-state index in [1.807, 2.05) is 6.92 Å². The van der Waals surface area contributed by atoms with Crippen LogP contribution < -0.4 is 0 Å². The van der Waals surface area contributed by atoms with E-state index >= 15 is 0 Å². The van der Waals surface area contributed by atoms with Crippen LogP contribution in [0.3, 0.4) is 0 Å². The van der Waals surface area contributed by atoms with E-state index in [0.717, 1.165) is 5.76 Å². The number of aliphatic carboxylic acids is 1. The van der Waals surface area contributed by atoms with Crippen molar-refractivity contribution in [3.8, 4) is 0 Å². The molecule has 92 valence electrons. The van der Waals surface area contributed by atoms with E-state index in [1.54, 1.807) is 19.1 Å². The highest BCUT2D eigenvalue weighted by molar-refractivity contribution is 5.66. The molecule has 1 rings (SSSR count). The molecule has 0 aromatic carbocycles. The summed E-state index contributed by atoms with van der Waals surface area (Å²) in [6.45, 7) is 4.63. The first kappa shape index (κ1) is 14.7. The lowest BCUT2D eigenvalue weighted by atomic mass is 10.4. The Bertz CT molecular complexity index is 292. The van der Waals surface area contributed by atoms with Gasteiger partial charge < -0.3 is 19.4 Å². The standard InChI is InChI=1S/C8H12O3.C3H6O2/c1-2-10-6-8-4-3-7(5-9)11-8;1-2-3(4)5/h3-4,9H,2,5-6H2,1H3;2H2,1H3,(H,4,5). The Labute approximate surface area is 94.6 Å². The van der Waals surface area contributed by atoms with Crippen LogP contribution in [0.15, 0.2) is 16.5 Å². The second kappa shape index (κ2) is 8.94. The molecule has 0 aliphatic rings. The molecule has 0 bridgehead atoms. The highest BCUT2D eigenvalue weighted by atomic mass is 16.5. The molecule has 2 N–H and O–H groups in total. The van der Waals surface area contributed by atoms with E-state index in [2.05, 4.69) is 0 Å². The van der Waals surface area contributed by atoms with Crippen LogP contribution in [0.5, 0.6) is 0 Å². The fourth-order valence-electron chi connectivity index (χ4n) is 0.788. The molecular weight excluding hydrogens is 212 g/mol. The van der Waals surface area contributed by atoms with Gasteiger partial charge in [-0.1, -0.05) is 6.92 Å². The van der Waals surface area contributed by atoms with Crippen molar-refractivity contribution in [1.29, 1.82) is 0 Å². The third-order valence-electron chi connectivity index (χ3n) is 1.62. The number of rotatable bonds is 5. The van der Waals surface area contributed by atoms with Crippen LogP contribution >= 0.6 is 0 Å². The zero-order chi connectivity index (χ0) is 12.4. The number of hydrogen-bond acceptors (Lipinski definition) is 4. The Morgan fingerprint density at radius 1 is 1.38 bits per heavy atom. The van der Waals surface area contributed by atoms with Crippen molar-refractivity contribution in [3.63, 3.8) is 0 Å². The largest absolute Gasteiger partial charge is 0.481 e. The Morgan fingerprint density at radius 3 is 2.31 bits per heavy atom. The van der Waals surface area contributed by atoms with Gasteiger partial charge in [0, 0.05) is 13.0 Å². The van der Waals surface area contributed by atoms with Gasteiger partial charge in [0.1, 0.15) is 24.7 Å². The van der Waals surface area contributed by atoms with E-state index in [0.29, 0.717) is 19.0 Å². The van der Waals surface area contributed by atoms with Gasteiger partial charge in [0.15, 0.2) is 0 Å². The Kier molecular flexibility index (Phi) is 8.19. The van der Waals surface area contributed by atoms with Gasteiger partial charge in [-0.2, -0.15) is 0 Å². The van der Waals surface area contributed by atoms with Crippen molar-refractivity contribution in [2.45, 2.75) is 33.5 Å². The molecule has 0 saturated carbocycles. The molecule has 0 radical (unpaired) electrons. The molecule has 0 aliphatic carbocycles. The number of aliphatic hydroxyl groups is 1. The minimum Gasteiger partial charge on any atom is -0.481 e. The summed E-state index contributed by atoms with van der Waals surface area (Å²) < 4.78 is 10.3. The molecule has 5 heteroatoms. The van der Waals surface area contributed by atoms with Crippen molar-refractivity contribution in [1.82, 2.24) is 0 Å². The van der Waals surface area contributed by atoms with Gasteiger partial charge in [0.25, 0.3) is 0 Å². The monoisotopic (exact) mass is 230 g/mol. The summed E-state index contributed by atoms with van der Waals surface area (Å²) in [5.41, 5.74) is 0. The Morgan fingerprint density at radius 2 is 1.94 bits per heavy atom. The van der Waals surface area contributed by atoms with Crippen molar-refractivity contribution >= 4 is 5.97 Å². The Balaban J connectivity index is 0.000000385. The number of ether oxygens (including phenoxy) is 1. The summed E-state index contributed by atoms with van der Waals surface area (Å²) in [4.78, 5) is 9.37. The molecule has 16 heavy (non-hydrogen) atoms. The average molecular weight is 230 g/mol. The van der Waals surface area contributed by atoms with E-state index in [-0.39, 0.29) is 13.0 Å². The van der Waals surface area contributed by atoms with E-state index in [1.165, 1.54) is 0 Å². The van der Waals surface area contributed by atoms with Gasteiger partial charge in [-0.05, 0) is 19.1 Å². The zero-order valence-electron chi connectivity index (χ0n) is 9.60. The summed E-state index contributed by atoms with van der Waals surface area (Å²) in [6, 6.07) is 3.55. The van der Waals surface area contributed by atoms with Gasteiger partial charge in [-0.15, -0.1) is 0 Å². The third-order valence-corrected chi connectivity index (χ3v) is 1.62. The normalized spacial score (nSPS) is 9.44. The molecule has 0 amide bonds. The average Bonchev–Trinajstić information content (AvgIpc) is 2.75. The van der Waals surface area contributed by atoms with Gasteiger partial charge in [0.2, 0.25) is 0 Å². The van der Waals surface area contributed by atoms with E-state index in [4.69, 9.17) is 19.4 Å². The molecule has 0 aliphatic heterocycles. The van der Waals surface area contributed by atoms with Crippen LogP contribution in [-0.4, -0.2) is 22.8 Å². The van der Waals surface area contributed by atoms with Crippen LogP contribution in [0, 0.1) is 0 Å². The SMILES string of the molecule is CCC(=O)O.CCOCc1ccc(CO)o1. The van der Waals surface area contributed by atoms with E-state index in [9.17, 15) is 4.79 Å². The van der Waals surface area contributed by atoms with Crippen LogP contribution in [0.2, 0.25) is 0 Å². The van der Waals surface area contributed by atoms with Crippen molar-refractivity contribution in [3.05, 3.63) is 23.7 Å². The number of carboxylic acids is 1. The van der Waals surface area contributed by atoms with Crippen LogP contribution in [0.1, 0.15) is 31.8 Å². The smallest absolute Gasteiger partial charge is 0.303 e. The lowest BCUT2D eigenvalue weighted by molar-refractivity contribution is -0.136. The quantitative estimate of drug-likeness (QED) is 0.806. The zero-order valence-corrected chi connectivity index (χ0v) is 9.60. The van der Waals surface area contributed by atoms with Crippen molar-refractivity contribution < 1.29 is 24.2 Å². The first-order valence-electron chi connectivity index (χ1n) is 5.12. The number of hydrogen-bond donors (Lipinski definition) is 2. The number of aliphatic hydroxyl groups excluding tert-OH is 1. The summed E-state index contributed by atoms with van der Waals surface area (Å²) in [6.07, 6.45) is 0.222. The fraction of sp³-hybridized carbons (Fsp3) is 0.545. The second-order valence-electron chi connectivity index (χ2n) is 2.91. The predicted molar refractivity (Wildman–Crippen MR) is 57.9 cm³/mol. The van der Waals surface area contributed by atoms with Gasteiger partial charge in [-0.25, -0.2) is 0 Å². The molecule has 1 aromatic heterocycles. The summed E-state index contributed by atoms with van der Waals surface area (Å²) >= 11 is 0. The first-order chi connectivity index (χ1) is 7.63. The lowest BCUT2D eigenvalue weighted by Gasteiger charge is -1.95. The molecule has 0 fully saturated rings. The molecule has 1 aromatic rings. The third kappa shape index (κ3) is 7.03. The molecule has 0 spiro atoms. The minimum absolute atomic E-state index is 0.0495. The molecule has 0 atom stereocenters. The van der Waals surface area contributed by atoms with Crippen molar-refractivity contribution in [2.24, 2.45) is 0 Å². The summed E-state index contributed by atoms with van der Waals surface area (Å²) in [5.74, 6) is 0.598. The lowest BCUT2D eigenvalue weighted by Crippen LogP contribution is -1.88.